The molecule has 0 aromatic heterocycles. The molecule has 0 fully saturated rings. The van der Waals surface area contributed by atoms with Gasteiger partial charge in [0.2, 0.25) is 0 Å². The van der Waals surface area contributed by atoms with Gasteiger partial charge in [0.1, 0.15) is 29.1 Å². The van der Waals surface area contributed by atoms with Gasteiger partial charge in [-0.3, -0.25) is 19.2 Å². The van der Waals surface area contributed by atoms with Crippen LogP contribution < -0.4 is 14.2 Å². The summed E-state index contributed by atoms with van der Waals surface area (Å²) in [4.78, 5) is 56.2. The highest BCUT2D eigenvalue weighted by atomic mass is 16.5. The first kappa shape index (κ1) is 28.0. The van der Waals surface area contributed by atoms with Crippen molar-refractivity contribution in [3.8, 4) is 17.2 Å². The zero-order chi connectivity index (χ0) is 28.6. The lowest BCUT2D eigenvalue weighted by molar-refractivity contribution is 0.0625. The third kappa shape index (κ3) is 5.99. The van der Waals surface area contributed by atoms with E-state index in [1.165, 1.54) is 57.7 Å². The van der Waals surface area contributed by atoms with Gasteiger partial charge in [0.05, 0.1) is 21.3 Å². The molecular formula is C33H28O7. The van der Waals surface area contributed by atoms with Crippen molar-refractivity contribution in [3.05, 3.63) is 125 Å². The molecule has 7 nitrogen and oxygen atoms in total. The van der Waals surface area contributed by atoms with Crippen LogP contribution in [0.2, 0.25) is 0 Å². The minimum atomic E-state index is -1.64. The Kier molecular flexibility index (Phi) is 8.86. The zero-order valence-corrected chi connectivity index (χ0v) is 22.3. The first-order valence-corrected chi connectivity index (χ1v) is 12.5. The number of hydrogen-bond donors (Lipinski definition) is 0. The molecule has 0 bridgehead atoms. The van der Waals surface area contributed by atoms with Gasteiger partial charge < -0.3 is 14.2 Å². The first-order chi connectivity index (χ1) is 19.4. The number of ketones is 4. The van der Waals surface area contributed by atoms with Gasteiger partial charge in [-0.2, -0.15) is 0 Å². The van der Waals surface area contributed by atoms with Crippen molar-refractivity contribution in [1.82, 2.24) is 0 Å². The van der Waals surface area contributed by atoms with E-state index in [0.29, 0.717) is 17.2 Å². The predicted octanol–water partition coefficient (Wildman–Crippen LogP) is 5.78. The van der Waals surface area contributed by atoms with E-state index in [2.05, 4.69) is 0 Å². The van der Waals surface area contributed by atoms with Gasteiger partial charge in [0.25, 0.3) is 0 Å². The van der Waals surface area contributed by atoms with E-state index in [-0.39, 0.29) is 22.3 Å². The molecule has 0 aliphatic rings. The summed E-state index contributed by atoms with van der Waals surface area (Å²) < 4.78 is 15.6. The number of methoxy groups -OCH3 is 3. The molecule has 1 atom stereocenters. The highest BCUT2D eigenvalue weighted by Gasteiger charge is 2.44. The molecule has 4 aromatic rings. The van der Waals surface area contributed by atoms with Crippen LogP contribution in [0.3, 0.4) is 0 Å². The average molecular weight is 537 g/mol. The third-order valence-electron chi connectivity index (χ3n) is 6.65. The molecule has 0 saturated carbocycles. The normalized spacial score (nSPS) is 11.4. The second-order valence-corrected chi connectivity index (χ2v) is 8.96. The van der Waals surface area contributed by atoms with Gasteiger partial charge in [-0.15, -0.1) is 0 Å². The van der Waals surface area contributed by atoms with Crippen molar-refractivity contribution < 1.29 is 33.4 Å². The maximum atomic E-state index is 14.1. The number of carbonyl (C=O) groups excluding carboxylic acids is 4. The fourth-order valence-corrected chi connectivity index (χ4v) is 4.43. The van der Waals surface area contributed by atoms with Crippen molar-refractivity contribution in [1.29, 1.82) is 0 Å². The molecule has 0 radical (unpaired) electrons. The van der Waals surface area contributed by atoms with E-state index in [1.54, 1.807) is 66.7 Å². The molecule has 0 heterocycles. The number of benzene rings is 4. The van der Waals surface area contributed by atoms with Crippen LogP contribution in [0.1, 0.15) is 41.4 Å². The van der Waals surface area contributed by atoms with E-state index in [0.717, 1.165) is 0 Å². The second-order valence-electron chi connectivity index (χ2n) is 8.96. The van der Waals surface area contributed by atoms with Gasteiger partial charge in [-0.1, -0.05) is 30.3 Å². The van der Waals surface area contributed by atoms with E-state index in [9.17, 15) is 19.2 Å². The van der Waals surface area contributed by atoms with Crippen LogP contribution in [-0.2, 0) is 0 Å². The molecular weight excluding hydrogens is 508 g/mol. The summed E-state index contributed by atoms with van der Waals surface area (Å²) in [6.07, 6.45) is 0. The quantitative estimate of drug-likeness (QED) is 0.167. The van der Waals surface area contributed by atoms with Crippen LogP contribution >= 0.6 is 0 Å². The fourth-order valence-electron chi connectivity index (χ4n) is 4.43. The van der Waals surface area contributed by atoms with Gasteiger partial charge in [0.15, 0.2) is 23.1 Å². The van der Waals surface area contributed by atoms with Crippen molar-refractivity contribution in [2.45, 2.75) is 0 Å². The second kappa shape index (κ2) is 12.7. The van der Waals surface area contributed by atoms with Gasteiger partial charge in [-0.25, -0.2) is 0 Å². The van der Waals surface area contributed by atoms with Crippen molar-refractivity contribution >= 4 is 23.1 Å². The Morgan fingerprint density at radius 1 is 0.400 bits per heavy atom. The monoisotopic (exact) mass is 536 g/mol. The Labute approximate surface area is 232 Å². The van der Waals surface area contributed by atoms with Crippen molar-refractivity contribution in [2.75, 3.05) is 21.3 Å². The predicted molar refractivity (Wildman–Crippen MR) is 150 cm³/mol. The Bertz CT molecular complexity index is 1430. The maximum absolute atomic E-state index is 14.1. The summed E-state index contributed by atoms with van der Waals surface area (Å²) in [7, 11) is 4.49. The number of ether oxygens (including phenoxy) is 3. The fraction of sp³-hybridized carbons (Fsp3) is 0.152. The number of rotatable bonds is 12. The lowest BCUT2D eigenvalue weighted by Gasteiger charge is -2.24. The minimum Gasteiger partial charge on any atom is -0.497 e. The Hall–Kier alpha value is -5.04. The van der Waals surface area contributed by atoms with Crippen LogP contribution in [0.4, 0.5) is 0 Å². The van der Waals surface area contributed by atoms with Crippen LogP contribution in [0.25, 0.3) is 0 Å². The molecule has 0 N–H and O–H groups in total. The van der Waals surface area contributed by atoms with E-state index < -0.39 is 35.0 Å². The number of hydrogen-bond acceptors (Lipinski definition) is 7. The molecule has 1 unspecified atom stereocenters. The van der Waals surface area contributed by atoms with E-state index in [4.69, 9.17) is 14.2 Å². The molecule has 0 spiro atoms. The molecule has 4 rings (SSSR count). The smallest absolute Gasteiger partial charge is 0.174 e. The minimum absolute atomic E-state index is 0.168. The largest absolute Gasteiger partial charge is 0.497 e. The molecule has 0 aliphatic carbocycles. The van der Waals surface area contributed by atoms with Crippen molar-refractivity contribution in [3.63, 3.8) is 0 Å². The summed E-state index contributed by atoms with van der Waals surface area (Å²) in [5.41, 5.74) is 0.719. The molecule has 0 amide bonds. The first-order valence-electron chi connectivity index (χ1n) is 12.5. The number of carbonyl (C=O) groups is 4. The highest BCUT2D eigenvalue weighted by molar-refractivity contribution is 6.26. The van der Waals surface area contributed by atoms with Gasteiger partial charge in [0, 0.05) is 22.3 Å². The molecule has 4 aromatic carbocycles. The molecule has 7 heteroatoms. The SMILES string of the molecule is COc1ccc(C(=O)C(C(=O)c2ccccc2)C(C(=O)c2ccc(OC)cc2)C(=O)c2ccc(OC)cc2)cc1. The summed E-state index contributed by atoms with van der Waals surface area (Å²) in [6, 6.07) is 26.8. The Morgan fingerprint density at radius 2 is 0.650 bits per heavy atom. The van der Waals surface area contributed by atoms with E-state index in [1.807, 2.05) is 0 Å². The van der Waals surface area contributed by atoms with Crippen LogP contribution in [0.5, 0.6) is 17.2 Å². The van der Waals surface area contributed by atoms with E-state index >= 15 is 0 Å². The lowest BCUT2D eigenvalue weighted by Crippen LogP contribution is -2.41. The van der Waals surface area contributed by atoms with Crippen molar-refractivity contribution in [2.24, 2.45) is 11.8 Å². The number of Topliss-reactive ketones (excluding diaryl/α,β-unsaturated/α-hetero) is 4. The van der Waals surface area contributed by atoms with Gasteiger partial charge in [-0.05, 0) is 72.8 Å². The summed E-state index contributed by atoms with van der Waals surface area (Å²) >= 11 is 0. The average Bonchev–Trinajstić information content (AvgIpc) is 3.03. The summed E-state index contributed by atoms with van der Waals surface area (Å²) in [6.45, 7) is 0. The summed E-state index contributed by atoms with van der Waals surface area (Å²) in [5, 5.41) is 0. The molecule has 0 saturated heterocycles. The molecule has 202 valence electrons. The van der Waals surface area contributed by atoms with Crippen LogP contribution in [-0.4, -0.2) is 44.5 Å². The van der Waals surface area contributed by atoms with Gasteiger partial charge >= 0.3 is 0 Å². The van der Waals surface area contributed by atoms with Crippen LogP contribution in [0, 0.1) is 11.8 Å². The standard InChI is InChI=1S/C33H28O7/c1-38-25-15-9-22(10-16-25)31(35)28(30(34)21-7-5-4-6-8-21)29(32(36)23-11-17-26(39-2)18-12-23)33(37)24-13-19-27(40-3)20-14-24/h4-20,28-29H,1-3H3. The summed E-state index contributed by atoms with van der Waals surface area (Å²) in [5.74, 6) is -4.30. The third-order valence-corrected chi connectivity index (χ3v) is 6.65. The lowest BCUT2D eigenvalue weighted by atomic mass is 9.73. The Morgan fingerprint density at radius 3 is 0.900 bits per heavy atom. The van der Waals surface area contributed by atoms with Crippen LogP contribution in [0.15, 0.2) is 103 Å². The highest BCUT2D eigenvalue weighted by Crippen LogP contribution is 2.31. The topological polar surface area (TPSA) is 96.0 Å². The molecule has 40 heavy (non-hydrogen) atoms. The molecule has 0 aliphatic heterocycles. The maximum Gasteiger partial charge on any atom is 0.174 e. The zero-order valence-electron chi connectivity index (χ0n) is 22.3. The Balaban J connectivity index is 1.88.